The van der Waals surface area contributed by atoms with Crippen LogP contribution in [0.2, 0.25) is 0 Å². The number of halogens is 2. The Morgan fingerprint density at radius 2 is 1.86 bits per heavy atom. The van der Waals surface area contributed by atoms with Crippen LogP contribution in [0, 0.1) is 18.6 Å². The number of hydrogen-bond donors (Lipinski definition) is 2. The van der Waals surface area contributed by atoms with Gasteiger partial charge in [0.05, 0.1) is 5.75 Å². The van der Waals surface area contributed by atoms with Crippen molar-refractivity contribution in [1.29, 1.82) is 0 Å². The number of hydrogen-bond acceptors (Lipinski definition) is 3. The van der Waals surface area contributed by atoms with Crippen molar-refractivity contribution in [2.45, 2.75) is 11.8 Å². The van der Waals surface area contributed by atoms with Crippen molar-refractivity contribution >= 4 is 29.0 Å². The highest BCUT2D eigenvalue weighted by atomic mass is 32.2. The Kier molecular flexibility index (Phi) is 4.80. The zero-order chi connectivity index (χ0) is 15.4. The van der Waals surface area contributed by atoms with E-state index >= 15 is 0 Å². The quantitative estimate of drug-likeness (QED) is 0.670. The third-order valence-corrected chi connectivity index (χ3v) is 3.87. The molecule has 0 saturated heterocycles. The number of nitrogens with two attached hydrogens (primary N) is 1. The number of rotatable bonds is 4. The topological polar surface area (TPSA) is 55.1 Å². The summed E-state index contributed by atoms with van der Waals surface area (Å²) in [6, 6.07) is 8.33. The molecule has 2 rings (SSSR count). The lowest BCUT2D eigenvalue weighted by Crippen LogP contribution is -2.14. The van der Waals surface area contributed by atoms with E-state index in [0.717, 1.165) is 28.7 Å². The fourth-order valence-corrected chi connectivity index (χ4v) is 2.61. The molecule has 0 aromatic heterocycles. The van der Waals surface area contributed by atoms with Crippen LogP contribution in [0.15, 0.2) is 41.3 Å². The SMILES string of the molecule is Cc1ccc(N)cc1SCC(=O)Nc1cc(F)cc(F)c1. The van der Waals surface area contributed by atoms with Crippen molar-refractivity contribution in [3.05, 3.63) is 53.6 Å². The van der Waals surface area contributed by atoms with Crippen LogP contribution in [0.1, 0.15) is 5.56 Å². The van der Waals surface area contributed by atoms with Crippen LogP contribution in [0.5, 0.6) is 0 Å². The average Bonchev–Trinajstić information content (AvgIpc) is 2.38. The number of thioether (sulfide) groups is 1. The summed E-state index contributed by atoms with van der Waals surface area (Å²) in [5.74, 6) is -1.68. The molecular weight excluding hydrogens is 294 g/mol. The van der Waals surface area contributed by atoms with Gasteiger partial charge in [0.1, 0.15) is 11.6 Å². The maximum atomic E-state index is 13.0. The predicted molar refractivity (Wildman–Crippen MR) is 81.3 cm³/mol. The fourth-order valence-electron chi connectivity index (χ4n) is 1.74. The van der Waals surface area contributed by atoms with Gasteiger partial charge in [0.25, 0.3) is 0 Å². The van der Waals surface area contributed by atoms with E-state index < -0.39 is 11.6 Å². The Bertz CT molecular complexity index is 656. The molecule has 0 radical (unpaired) electrons. The minimum absolute atomic E-state index is 0.0994. The first kappa shape index (κ1) is 15.3. The monoisotopic (exact) mass is 308 g/mol. The van der Waals surface area contributed by atoms with Gasteiger partial charge in [-0.3, -0.25) is 4.79 Å². The smallest absolute Gasteiger partial charge is 0.234 e. The molecule has 3 nitrogen and oxygen atoms in total. The number of benzene rings is 2. The fraction of sp³-hybridized carbons (Fsp3) is 0.133. The van der Waals surface area contributed by atoms with E-state index in [1.165, 1.54) is 11.8 Å². The van der Waals surface area contributed by atoms with Gasteiger partial charge in [-0.15, -0.1) is 11.8 Å². The Morgan fingerprint density at radius 1 is 1.19 bits per heavy atom. The van der Waals surface area contributed by atoms with Crippen molar-refractivity contribution < 1.29 is 13.6 Å². The van der Waals surface area contributed by atoms with E-state index in [-0.39, 0.29) is 17.3 Å². The van der Waals surface area contributed by atoms with Crippen molar-refractivity contribution in [3.63, 3.8) is 0 Å². The highest BCUT2D eigenvalue weighted by Crippen LogP contribution is 2.24. The number of anilines is 2. The first-order valence-electron chi connectivity index (χ1n) is 6.19. The number of nitrogens with one attached hydrogen (secondary N) is 1. The van der Waals surface area contributed by atoms with E-state index in [2.05, 4.69) is 5.32 Å². The number of aryl methyl sites for hydroxylation is 1. The summed E-state index contributed by atoms with van der Waals surface area (Å²) < 4.78 is 26.0. The third-order valence-electron chi connectivity index (χ3n) is 2.72. The molecule has 0 unspecified atom stereocenters. The van der Waals surface area contributed by atoms with Crippen molar-refractivity contribution in [2.75, 3.05) is 16.8 Å². The number of nitrogen functional groups attached to an aromatic ring is 1. The van der Waals surface area contributed by atoms with Crippen LogP contribution in [-0.4, -0.2) is 11.7 Å². The van der Waals surface area contributed by atoms with Gasteiger partial charge < -0.3 is 11.1 Å². The molecule has 0 aliphatic carbocycles. The lowest BCUT2D eigenvalue weighted by molar-refractivity contribution is -0.113. The number of carbonyl (C=O) groups is 1. The van der Waals surface area contributed by atoms with Crippen molar-refractivity contribution in [1.82, 2.24) is 0 Å². The second-order valence-electron chi connectivity index (χ2n) is 4.52. The van der Waals surface area contributed by atoms with Gasteiger partial charge in [0.15, 0.2) is 0 Å². The third kappa shape index (κ3) is 4.46. The molecule has 1 amide bonds. The van der Waals surface area contributed by atoms with Gasteiger partial charge >= 0.3 is 0 Å². The maximum Gasteiger partial charge on any atom is 0.234 e. The van der Waals surface area contributed by atoms with E-state index in [4.69, 9.17) is 5.73 Å². The Labute approximate surface area is 125 Å². The van der Waals surface area contributed by atoms with Crippen LogP contribution in [0.3, 0.4) is 0 Å². The van der Waals surface area contributed by atoms with Crippen LogP contribution < -0.4 is 11.1 Å². The zero-order valence-electron chi connectivity index (χ0n) is 11.3. The second-order valence-corrected chi connectivity index (χ2v) is 5.54. The van der Waals surface area contributed by atoms with Crippen LogP contribution >= 0.6 is 11.8 Å². The zero-order valence-corrected chi connectivity index (χ0v) is 12.1. The van der Waals surface area contributed by atoms with E-state index in [1.807, 2.05) is 13.0 Å². The van der Waals surface area contributed by atoms with Gasteiger partial charge in [-0.05, 0) is 36.8 Å². The van der Waals surface area contributed by atoms with Gasteiger partial charge in [0.2, 0.25) is 5.91 Å². The maximum absolute atomic E-state index is 13.0. The van der Waals surface area contributed by atoms with Crippen LogP contribution in [0.25, 0.3) is 0 Å². The lowest BCUT2D eigenvalue weighted by atomic mass is 10.2. The molecule has 110 valence electrons. The molecule has 6 heteroatoms. The Balaban J connectivity index is 1.97. The minimum atomic E-state index is -0.732. The molecule has 21 heavy (non-hydrogen) atoms. The molecule has 2 aromatic rings. The molecule has 0 saturated carbocycles. The van der Waals surface area contributed by atoms with Gasteiger partial charge in [-0.2, -0.15) is 0 Å². The van der Waals surface area contributed by atoms with Crippen molar-refractivity contribution in [3.8, 4) is 0 Å². The molecule has 0 fully saturated rings. The van der Waals surface area contributed by atoms with Crippen LogP contribution in [-0.2, 0) is 4.79 Å². The van der Waals surface area contributed by atoms with Gasteiger partial charge in [-0.25, -0.2) is 8.78 Å². The van der Waals surface area contributed by atoms with E-state index in [1.54, 1.807) is 12.1 Å². The molecule has 2 aromatic carbocycles. The molecule has 3 N–H and O–H groups in total. The first-order valence-corrected chi connectivity index (χ1v) is 7.17. The highest BCUT2D eigenvalue weighted by molar-refractivity contribution is 8.00. The molecule has 0 atom stereocenters. The largest absolute Gasteiger partial charge is 0.399 e. The highest BCUT2D eigenvalue weighted by Gasteiger charge is 2.08. The summed E-state index contributed by atoms with van der Waals surface area (Å²) in [6.45, 7) is 1.92. The average molecular weight is 308 g/mol. The summed E-state index contributed by atoms with van der Waals surface area (Å²) in [7, 11) is 0. The molecular formula is C15H14F2N2OS. The number of carbonyl (C=O) groups excluding carboxylic acids is 1. The van der Waals surface area contributed by atoms with Crippen LogP contribution in [0.4, 0.5) is 20.2 Å². The Hall–Kier alpha value is -2.08. The summed E-state index contributed by atoms with van der Waals surface area (Å²) in [6.07, 6.45) is 0. The van der Waals surface area contributed by atoms with E-state index in [0.29, 0.717) is 5.69 Å². The molecule has 0 bridgehead atoms. The molecule has 0 heterocycles. The number of amides is 1. The predicted octanol–water partition coefficient (Wildman–Crippen LogP) is 3.59. The first-order chi connectivity index (χ1) is 9.94. The standard InChI is InChI=1S/C15H14F2N2OS/c1-9-2-3-12(18)7-14(9)21-8-15(20)19-13-5-10(16)4-11(17)6-13/h2-7H,8,18H2,1H3,(H,19,20). The molecule has 0 aliphatic rings. The molecule has 0 spiro atoms. The summed E-state index contributed by atoms with van der Waals surface area (Å²) >= 11 is 1.32. The normalized spacial score (nSPS) is 10.4. The van der Waals surface area contributed by atoms with Crippen molar-refractivity contribution in [2.24, 2.45) is 0 Å². The molecule has 0 aliphatic heterocycles. The summed E-state index contributed by atoms with van der Waals surface area (Å²) in [5, 5.41) is 2.46. The summed E-state index contributed by atoms with van der Waals surface area (Å²) in [5.41, 5.74) is 7.43. The lowest BCUT2D eigenvalue weighted by Gasteiger charge is -2.08. The van der Waals surface area contributed by atoms with Gasteiger partial charge in [0, 0.05) is 22.3 Å². The summed E-state index contributed by atoms with van der Waals surface area (Å²) in [4.78, 5) is 12.7. The minimum Gasteiger partial charge on any atom is -0.399 e. The second kappa shape index (κ2) is 6.58. The van der Waals surface area contributed by atoms with Gasteiger partial charge in [-0.1, -0.05) is 6.07 Å². The van der Waals surface area contributed by atoms with E-state index in [9.17, 15) is 13.6 Å². The Morgan fingerprint density at radius 3 is 2.52 bits per heavy atom.